The molecular formula is C22H23NO3S. The summed E-state index contributed by atoms with van der Waals surface area (Å²) in [7, 11) is -3.59. The number of benzene rings is 2. The van der Waals surface area contributed by atoms with Crippen LogP contribution in [0.1, 0.15) is 24.8 Å². The number of sulfone groups is 1. The maximum absolute atomic E-state index is 13.5. The summed E-state index contributed by atoms with van der Waals surface area (Å²) in [6, 6.07) is 18.6. The number of allylic oxidation sites excluding steroid dienone is 1. The van der Waals surface area contributed by atoms with E-state index >= 15 is 0 Å². The molecule has 1 N–H and O–H groups in total. The summed E-state index contributed by atoms with van der Waals surface area (Å²) < 4.78 is 27.1. The van der Waals surface area contributed by atoms with Crippen molar-refractivity contribution in [2.45, 2.75) is 36.0 Å². The van der Waals surface area contributed by atoms with Gasteiger partial charge >= 0.3 is 0 Å². The fraction of sp³-hybridized carbons (Fsp3) is 0.318. The Labute approximate surface area is 160 Å². The molecule has 1 fully saturated rings. The number of rotatable bonds is 4. The van der Waals surface area contributed by atoms with Gasteiger partial charge in [-0.1, -0.05) is 54.1 Å². The summed E-state index contributed by atoms with van der Waals surface area (Å²) in [4.78, 5) is 12.4. The van der Waals surface area contributed by atoms with Gasteiger partial charge < -0.3 is 0 Å². The molecule has 27 heavy (non-hydrogen) atoms. The summed E-state index contributed by atoms with van der Waals surface area (Å²) in [6.07, 6.45) is 3.96. The second-order valence-corrected chi connectivity index (χ2v) is 9.43. The molecule has 140 valence electrons. The Balaban J connectivity index is 1.84. The third kappa shape index (κ3) is 3.26. The van der Waals surface area contributed by atoms with E-state index in [-0.39, 0.29) is 5.78 Å². The maximum Gasteiger partial charge on any atom is 0.195 e. The van der Waals surface area contributed by atoms with Gasteiger partial charge in [0.25, 0.3) is 0 Å². The van der Waals surface area contributed by atoms with Gasteiger partial charge in [-0.3, -0.25) is 10.1 Å². The van der Waals surface area contributed by atoms with Crippen molar-refractivity contribution in [2.75, 3.05) is 6.54 Å². The Morgan fingerprint density at radius 3 is 2.33 bits per heavy atom. The predicted molar refractivity (Wildman–Crippen MR) is 105 cm³/mol. The molecule has 2 aromatic rings. The number of fused-ring (bicyclic) bond motifs is 1. The number of nitrogens with one attached hydrogen (secondary N) is 1. The molecule has 2 atom stereocenters. The van der Waals surface area contributed by atoms with Crippen LogP contribution in [0, 0.1) is 5.41 Å². The summed E-state index contributed by atoms with van der Waals surface area (Å²) in [5, 5.41) is 2.56. The Morgan fingerprint density at radius 1 is 0.963 bits per heavy atom. The maximum atomic E-state index is 13.5. The summed E-state index contributed by atoms with van der Waals surface area (Å²) in [6.45, 7) is 0.562. The molecule has 2 aliphatic rings. The van der Waals surface area contributed by atoms with E-state index in [4.69, 9.17) is 0 Å². The van der Waals surface area contributed by atoms with E-state index < -0.39 is 20.6 Å². The third-order valence-electron chi connectivity index (χ3n) is 5.76. The van der Waals surface area contributed by atoms with Crippen LogP contribution in [0.2, 0.25) is 0 Å². The summed E-state index contributed by atoms with van der Waals surface area (Å²) in [5.41, 5.74) is 1.47. The molecule has 0 amide bonds. The van der Waals surface area contributed by atoms with Gasteiger partial charge in [-0.05, 0) is 43.0 Å². The van der Waals surface area contributed by atoms with Crippen molar-refractivity contribution < 1.29 is 13.2 Å². The van der Waals surface area contributed by atoms with Crippen LogP contribution in [-0.4, -0.2) is 26.1 Å². The first-order chi connectivity index (χ1) is 13.0. The molecule has 1 saturated heterocycles. The standard InChI is InChI=1S/C22H23NO3S/c24-19-11-13-22(16-17-7-3-1-4-8-17)18(15-19)12-14-23-21(22)27(25,26)20-9-5-2-6-10-20/h1-10,15,21,23H,11-14,16H2. The molecule has 2 unspecified atom stereocenters. The minimum Gasteiger partial charge on any atom is -0.300 e. The topological polar surface area (TPSA) is 63.2 Å². The van der Waals surface area contributed by atoms with Gasteiger partial charge in [-0.15, -0.1) is 0 Å². The van der Waals surface area contributed by atoms with Crippen molar-refractivity contribution in [3.63, 3.8) is 0 Å². The van der Waals surface area contributed by atoms with Crippen LogP contribution in [0.3, 0.4) is 0 Å². The first-order valence-electron chi connectivity index (χ1n) is 9.32. The molecule has 0 aromatic heterocycles. The molecule has 0 radical (unpaired) electrons. The molecule has 5 heteroatoms. The van der Waals surface area contributed by atoms with Crippen molar-refractivity contribution in [1.29, 1.82) is 0 Å². The first-order valence-corrected chi connectivity index (χ1v) is 10.9. The highest BCUT2D eigenvalue weighted by Gasteiger charge is 2.52. The zero-order chi connectivity index (χ0) is 18.9. The monoisotopic (exact) mass is 381 g/mol. The number of piperidine rings is 1. The Kier molecular flexibility index (Phi) is 4.74. The van der Waals surface area contributed by atoms with Crippen molar-refractivity contribution in [2.24, 2.45) is 5.41 Å². The van der Waals surface area contributed by atoms with Gasteiger partial charge in [0.1, 0.15) is 5.37 Å². The summed E-state index contributed by atoms with van der Waals surface area (Å²) in [5.74, 6) is 0.103. The molecule has 2 aromatic carbocycles. The molecule has 0 saturated carbocycles. The predicted octanol–water partition coefficient (Wildman–Crippen LogP) is 3.30. The van der Waals surface area contributed by atoms with Gasteiger partial charge in [0.2, 0.25) is 0 Å². The average Bonchev–Trinajstić information content (AvgIpc) is 2.69. The number of hydrogen-bond donors (Lipinski definition) is 1. The molecule has 0 spiro atoms. The van der Waals surface area contributed by atoms with E-state index in [1.807, 2.05) is 36.4 Å². The van der Waals surface area contributed by atoms with Crippen LogP contribution in [-0.2, 0) is 21.1 Å². The fourth-order valence-corrected chi connectivity index (χ4v) is 6.57. The molecule has 4 nitrogen and oxygen atoms in total. The Hall–Kier alpha value is -2.24. The number of carbonyl (C=O) groups is 1. The normalized spacial score (nSPS) is 25.6. The molecule has 1 aliphatic carbocycles. The largest absolute Gasteiger partial charge is 0.300 e. The third-order valence-corrected chi connectivity index (χ3v) is 7.93. The lowest BCUT2D eigenvalue weighted by molar-refractivity contribution is -0.116. The Morgan fingerprint density at radius 2 is 1.63 bits per heavy atom. The molecular weight excluding hydrogens is 358 g/mol. The van der Waals surface area contributed by atoms with Gasteiger partial charge in [0.15, 0.2) is 15.6 Å². The van der Waals surface area contributed by atoms with E-state index in [0.717, 1.165) is 11.1 Å². The lowest BCUT2D eigenvalue weighted by Gasteiger charge is -2.48. The highest BCUT2D eigenvalue weighted by Crippen LogP contribution is 2.48. The van der Waals surface area contributed by atoms with Crippen LogP contribution in [0.25, 0.3) is 0 Å². The zero-order valence-electron chi connectivity index (χ0n) is 15.1. The van der Waals surface area contributed by atoms with Crippen molar-refractivity contribution in [3.8, 4) is 0 Å². The number of ketones is 1. The SMILES string of the molecule is O=C1C=C2CCNC(S(=O)(=O)c3ccccc3)C2(Cc2ccccc2)CC1. The minimum atomic E-state index is -3.59. The zero-order valence-corrected chi connectivity index (χ0v) is 15.9. The van der Waals surface area contributed by atoms with Crippen molar-refractivity contribution >= 4 is 15.6 Å². The van der Waals surface area contributed by atoms with E-state index in [1.165, 1.54) is 0 Å². The van der Waals surface area contributed by atoms with Crippen LogP contribution >= 0.6 is 0 Å². The van der Waals surface area contributed by atoms with Crippen molar-refractivity contribution in [3.05, 3.63) is 77.9 Å². The smallest absolute Gasteiger partial charge is 0.195 e. The molecule has 1 aliphatic heterocycles. The highest BCUT2D eigenvalue weighted by molar-refractivity contribution is 7.92. The molecule has 4 rings (SSSR count). The molecule has 1 heterocycles. The summed E-state index contributed by atoms with van der Waals surface area (Å²) >= 11 is 0. The lowest BCUT2D eigenvalue weighted by atomic mass is 9.65. The lowest BCUT2D eigenvalue weighted by Crippen LogP contribution is -2.57. The quantitative estimate of drug-likeness (QED) is 0.883. The van der Waals surface area contributed by atoms with Crippen LogP contribution in [0.4, 0.5) is 0 Å². The first kappa shape index (κ1) is 18.1. The highest BCUT2D eigenvalue weighted by atomic mass is 32.2. The van der Waals surface area contributed by atoms with E-state index in [0.29, 0.717) is 37.1 Å². The number of carbonyl (C=O) groups excluding carboxylic acids is 1. The second-order valence-electron chi connectivity index (χ2n) is 7.40. The van der Waals surface area contributed by atoms with E-state index in [9.17, 15) is 13.2 Å². The minimum absolute atomic E-state index is 0.103. The molecule has 0 bridgehead atoms. The van der Waals surface area contributed by atoms with E-state index in [1.54, 1.807) is 30.3 Å². The van der Waals surface area contributed by atoms with Gasteiger partial charge in [-0.25, -0.2) is 8.42 Å². The van der Waals surface area contributed by atoms with Gasteiger partial charge in [0, 0.05) is 18.4 Å². The van der Waals surface area contributed by atoms with Gasteiger partial charge in [-0.2, -0.15) is 0 Å². The van der Waals surface area contributed by atoms with Gasteiger partial charge in [0.05, 0.1) is 4.90 Å². The van der Waals surface area contributed by atoms with Crippen LogP contribution < -0.4 is 5.32 Å². The fourth-order valence-electron chi connectivity index (χ4n) is 4.48. The van der Waals surface area contributed by atoms with E-state index in [2.05, 4.69) is 5.32 Å². The Bertz CT molecular complexity index is 967. The van der Waals surface area contributed by atoms with Crippen LogP contribution in [0.15, 0.2) is 77.2 Å². The second kappa shape index (κ2) is 7.06. The average molecular weight is 381 g/mol. The van der Waals surface area contributed by atoms with Crippen molar-refractivity contribution in [1.82, 2.24) is 5.32 Å². The van der Waals surface area contributed by atoms with Crippen LogP contribution in [0.5, 0.6) is 0 Å². The number of hydrogen-bond acceptors (Lipinski definition) is 4.